The van der Waals surface area contributed by atoms with Crippen molar-refractivity contribution in [1.29, 1.82) is 0 Å². The molecular formula is C21H18ClN3O. The summed E-state index contributed by atoms with van der Waals surface area (Å²) >= 11 is 6.13. The van der Waals surface area contributed by atoms with Gasteiger partial charge in [0.2, 0.25) is 6.41 Å². The molecule has 0 saturated carbocycles. The van der Waals surface area contributed by atoms with Gasteiger partial charge in [0.1, 0.15) is 5.82 Å². The number of carbonyl (C=O) groups is 1. The highest BCUT2D eigenvalue weighted by molar-refractivity contribution is 6.30. The summed E-state index contributed by atoms with van der Waals surface area (Å²) in [4.78, 5) is 18.0. The smallest absolute Gasteiger partial charge is 0.214 e. The number of anilines is 2. The maximum Gasteiger partial charge on any atom is 0.214 e. The predicted octanol–water partition coefficient (Wildman–Crippen LogP) is 4.61. The molecule has 1 amide bonds. The van der Waals surface area contributed by atoms with E-state index in [0.29, 0.717) is 11.6 Å². The summed E-state index contributed by atoms with van der Waals surface area (Å²) in [5.74, 6) is 0.798. The normalized spacial score (nSPS) is 15.6. The van der Waals surface area contributed by atoms with E-state index < -0.39 is 0 Å². The molecule has 0 fully saturated rings. The molecule has 1 atom stereocenters. The van der Waals surface area contributed by atoms with Crippen LogP contribution in [0.4, 0.5) is 11.5 Å². The number of benzene rings is 2. The number of hydrogen-bond acceptors (Lipinski definition) is 3. The molecule has 4 rings (SSSR count). The van der Waals surface area contributed by atoms with Gasteiger partial charge >= 0.3 is 0 Å². The zero-order valence-corrected chi connectivity index (χ0v) is 14.9. The minimum atomic E-state index is -0.0899. The van der Waals surface area contributed by atoms with Crippen LogP contribution in [0.25, 0.3) is 0 Å². The second-order valence-corrected chi connectivity index (χ2v) is 6.72. The van der Waals surface area contributed by atoms with Crippen LogP contribution in [0.15, 0.2) is 66.9 Å². The quantitative estimate of drug-likeness (QED) is 0.673. The van der Waals surface area contributed by atoms with Crippen LogP contribution in [0, 0.1) is 0 Å². The Hall–Kier alpha value is -2.85. The molecular weight excluding hydrogens is 346 g/mol. The van der Waals surface area contributed by atoms with Gasteiger partial charge in [-0.3, -0.25) is 4.79 Å². The molecule has 2 heterocycles. The molecule has 1 unspecified atom stereocenters. The van der Waals surface area contributed by atoms with Crippen molar-refractivity contribution in [2.45, 2.75) is 19.0 Å². The first-order valence-electron chi connectivity index (χ1n) is 8.51. The fourth-order valence-electron chi connectivity index (χ4n) is 3.45. The van der Waals surface area contributed by atoms with Crippen LogP contribution in [0.2, 0.25) is 5.02 Å². The number of hydrogen-bond donors (Lipinski definition) is 1. The molecule has 26 heavy (non-hydrogen) atoms. The zero-order valence-electron chi connectivity index (χ0n) is 14.1. The largest absolute Gasteiger partial charge is 0.366 e. The lowest BCUT2D eigenvalue weighted by molar-refractivity contribution is -0.107. The molecule has 0 radical (unpaired) electrons. The van der Waals surface area contributed by atoms with Gasteiger partial charge in [-0.05, 0) is 41.8 Å². The van der Waals surface area contributed by atoms with E-state index in [-0.39, 0.29) is 6.04 Å². The SMILES string of the molecule is O=CN1c2ccc(Cl)cc2CC1c1cccnc1NCc1ccccc1. The van der Waals surface area contributed by atoms with Gasteiger partial charge in [0.05, 0.1) is 6.04 Å². The van der Waals surface area contributed by atoms with E-state index in [4.69, 9.17) is 11.6 Å². The Kier molecular flexibility index (Phi) is 4.59. The van der Waals surface area contributed by atoms with E-state index in [0.717, 1.165) is 35.5 Å². The first-order valence-corrected chi connectivity index (χ1v) is 8.89. The van der Waals surface area contributed by atoms with Crippen LogP contribution < -0.4 is 10.2 Å². The van der Waals surface area contributed by atoms with Gasteiger partial charge in [0.25, 0.3) is 0 Å². The Morgan fingerprint density at radius 3 is 2.81 bits per heavy atom. The number of fused-ring (bicyclic) bond motifs is 1. The van der Waals surface area contributed by atoms with E-state index in [2.05, 4.69) is 22.4 Å². The van der Waals surface area contributed by atoms with Crippen LogP contribution in [0.1, 0.15) is 22.7 Å². The molecule has 1 aliphatic rings. The van der Waals surface area contributed by atoms with Gasteiger partial charge in [0, 0.05) is 29.0 Å². The molecule has 0 bridgehead atoms. The summed E-state index contributed by atoms with van der Waals surface area (Å²) in [6.45, 7) is 0.678. The van der Waals surface area contributed by atoms with Crippen molar-refractivity contribution in [2.75, 3.05) is 10.2 Å². The summed E-state index contributed by atoms with van der Waals surface area (Å²) in [7, 11) is 0. The number of halogens is 1. The molecule has 1 aromatic heterocycles. The third-order valence-corrected chi connectivity index (χ3v) is 4.92. The van der Waals surface area contributed by atoms with Crippen LogP contribution in [0.3, 0.4) is 0 Å². The first kappa shape index (κ1) is 16.6. The van der Waals surface area contributed by atoms with Crippen molar-refractivity contribution in [2.24, 2.45) is 0 Å². The second-order valence-electron chi connectivity index (χ2n) is 6.29. The van der Waals surface area contributed by atoms with E-state index in [1.165, 1.54) is 5.56 Å². The van der Waals surface area contributed by atoms with Gasteiger partial charge in [-0.2, -0.15) is 0 Å². The van der Waals surface area contributed by atoms with Crippen molar-refractivity contribution in [3.63, 3.8) is 0 Å². The summed E-state index contributed by atoms with van der Waals surface area (Å²) in [5, 5.41) is 4.09. The molecule has 1 aliphatic heterocycles. The average Bonchev–Trinajstić information content (AvgIpc) is 3.04. The third kappa shape index (κ3) is 3.16. The van der Waals surface area contributed by atoms with Crippen molar-refractivity contribution in [3.05, 3.63) is 88.6 Å². The Balaban J connectivity index is 1.63. The summed E-state index contributed by atoms with van der Waals surface area (Å²) < 4.78 is 0. The van der Waals surface area contributed by atoms with Gasteiger partial charge < -0.3 is 10.2 Å². The lowest BCUT2D eigenvalue weighted by atomic mass is 10.0. The Labute approximate surface area is 157 Å². The summed E-state index contributed by atoms with van der Waals surface area (Å²) in [5.41, 5.74) is 4.17. The number of amides is 1. The van der Waals surface area contributed by atoms with Crippen molar-refractivity contribution >= 4 is 29.5 Å². The fraction of sp³-hybridized carbons (Fsp3) is 0.143. The number of nitrogens with one attached hydrogen (secondary N) is 1. The van der Waals surface area contributed by atoms with E-state index >= 15 is 0 Å². The molecule has 5 heteroatoms. The molecule has 0 saturated heterocycles. The monoisotopic (exact) mass is 363 g/mol. The summed E-state index contributed by atoms with van der Waals surface area (Å²) in [6.07, 6.45) is 3.37. The van der Waals surface area contributed by atoms with Gasteiger partial charge in [0.15, 0.2) is 0 Å². The number of nitrogens with zero attached hydrogens (tertiary/aromatic N) is 2. The van der Waals surface area contributed by atoms with Crippen molar-refractivity contribution < 1.29 is 4.79 Å². The van der Waals surface area contributed by atoms with Crippen LogP contribution >= 0.6 is 11.6 Å². The number of aromatic nitrogens is 1. The zero-order chi connectivity index (χ0) is 17.9. The van der Waals surface area contributed by atoms with Gasteiger partial charge in [-0.1, -0.05) is 48.0 Å². The van der Waals surface area contributed by atoms with Gasteiger partial charge in [-0.15, -0.1) is 0 Å². The topological polar surface area (TPSA) is 45.2 Å². The molecule has 3 aromatic rings. The molecule has 4 nitrogen and oxygen atoms in total. The number of rotatable bonds is 5. The standard InChI is InChI=1S/C21H18ClN3O/c22-17-8-9-19-16(11-17)12-20(25(19)14-26)18-7-4-10-23-21(18)24-13-15-5-2-1-3-6-15/h1-11,14,20H,12-13H2,(H,23,24). The molecule has 130 valence electrons. The van der Waals surface area contributed by atoms with E-state index in [1.807, 2.05) is 48.5 Å². The van der Waals surface area contributed by atoms with Crippen molar-refractivity contribution in [1.82, 2.24) is 4.98 Å². The number of carbonyl (C=O) groups excluding carboxylic acids is 1. The van der Waals surface area contributed by atoms with Crippen LogP contribution in [-0.2, 0) is 17.8 Å². The lowest BCUT2D eigenvalue weighted by Gasteiger charge is -2.23. The molecule has 2 aromatic carbocycles. The van der Waals surface area contributed by atoms with Crippen molar-refractivity contribution in [3.8, 4) is 0 Å². The average molecular weight is 364 g/mol. The van der Waals surface area contributed by atoms with Gasteiger partial charge in [-0.25, -0.2) is 4.98 Å². The number of pyridine rings is 1. The maximum absolute atomic E-state index is 11.8. The predicted molar refractivity (Wildman–Crippen MR) is 104 cm³/mol. The van der Waals surface area contributed by atoms with E-state index in [9.17, 15) is 4.79 Å². The second kappa shape index (κ2) is 7.18. The highest BCUT2D eigenvalue weighted by atomic mass is 35.5. The fourth-order valence-corrected chi connectivity index (χ4v) is 3.64. The van der Waals surface area contributed by atoms with E-state index in [1.54, 1.807) is 11.1 Å². The minimum Gasteiger partial charge on any atom is -0.366 e. The third-order valence-electron chi connectivity index (χ3n) is 4.68. The highest BCUT2D eigenvalue weighted by Crippen LogP contribution is 2.42. The van der Waals surface area contributed by atoms with Crippen LogP contribution in [-0.4, -0.2) is 11.4 Å². The lowest BCUT2D eigenvalue weighted by Crippen LogP contribution is -2.24. The minimum absolute atomic E-state index is 0.0899. The Bertz CT molecular complexity index is 930. The highest BCUT2D eigenvalue weighted by Gasteiger charge is 2.32. The Morgan fingerprint density at radius 1 is 1.15 bits per heavy atom. The molecule has 0 spiro atoms. The Morgan fingerprint density at radius 2 is 2.00 bits per heavy atom. The molecule has 1 N–H and O–H groups in total. The van der Waals surface area contributed by atoms with Crippen LogP contribution in [0.5, 0.6) is 0 Å². The first-order chi connectivity index (χ1) is 12.8. The summed E-state index contributed by atoms with van der Waals surface area (Å²) in [6, 6.07) is 19.7. The molecule has 0 aliphatic carbocycles. The maximum atomic E-state index is 11.8.